The van der Waals surface area contributed by atoms with Gasteiger partial charge in [-0.2, -0.15) is 0 Å². The molecule has 138 valence electrons. The Balaban J connectivity index is 1.76. The predicted octanol–water partition coefficient (Wildman–Crippen LogP) is 2.15. The monoisotopic (exact) mass is 350 g/mol. The molecule has 1 saturated heterocycles. The Morgan fingerprint density at radius 3 is 2.00 bits per heavy atom. The van der Waals surface area contributed by atoms with Gasteiger partial charge in [-0.15, -0.1) is 0 Å². The van der Waals surface area contributed by atoms with Gasteiger partial charge in [-0.05, 0) is 45.0 Å². The molecule has 0 bridgehead atoms. The molecule has 0 saturated carbocycles. The van der Waals surface area contributed by atoms with E-state index in [1.165, 1.54) is 0 Å². The first-order valence-corrected chi connectivity index (χ1v) is 8.31. The fourth-order valence-corrected chi connectivity index (χ4v) is 2.37. The van der Waals surface area contributed by atoms with Crippen molar-refractivity contribution in [3.8, 4) is 11.5 Å². The summed E-state index contributed by atoms with van der Waals surface area (Å²) in [6.45, 7) is 7.35. The molecule has 0 spiro atoms. The molecule has 0 aromatic heterocycles. The number of ether oxygens (including phenoxy) is 3. The minimum atomic E-state index is -0.518. The first-order chi connectivity index (χ1) is 11.8. The number of hydrogen-bond donors (Lipinski definition) is 0. The van der Waals surface area contributed by atoms with Gasteiger partial charge in [-0.25, -0.2) is 4.79 Å². The molecule has 1 aromatic carbocycles. The maximum atomic E-state index is 12.2. The highest BCUT2D eigenvalue weighted by molar-refractivity contribution is 5.78. The van der Waals surface area contributed by atoms with Gasteiger partial charge in [0.1, 0.15) is 17.1 Å². The van der Waals surface area contributed by atoms with Crippen molar-refractivity contribution < 1.29 is 23.8 Å². The number of benzene rings is 1. The van der Waals surface area contributed by atoms with Crippen LogP contribution in [0.3, 0.4) is 0 Å². The Kier molecular flexibility index (Phi) is 6.12. The third kappa shape index (κ3) is 5.85. The topological polar surface area (TPSA) is 68.3 Å². The Bertz CT molecular complexity index is 586. The Labute approximate surface area is 148 Å². The number of carbonyl (C=O) groups excluding carboxylic acids is 2. The van der Waals surface area contributed by atoms with E-state index in [2.05, 4.69) is 0 Å². The lowest BCUT2D eigenvalue weighted by Crippen LogP contribution is -2.52. The zero-order chi connectivity index (χ0) is 18.4. The van der Waals surface area contributed by atoms with Crippen LogP contribution in [-0.2, 0) is 9.53 Å². The molecule has 0 aliphatic carbocycles. The molecule has 25 heavy (non-hydrogen) atoms. The summed E-state index contributed by atoms with van der Waals surface area (Å²) in [5.41, 5.74) is -0.518. The average Bonchev–Trinajstić information content (AvgIpc) is 2.58. The van der Waals surface area contributed by atoms with Gasteiger partial charge in [0.05, 0.1) is 7.11 Å². The van der Waals surface area contributed by atoms with Crippen molar-refractivity contribution in [3.63, 3.8) is 0 Å². The largest absolute Gasteiger partial charge is 0.497 e. The van der Waals surface area contributed by atoms with Crippen LogP contribution in [-0.4, -0.2) is 67.3 Å². The van der Waals surface area contributed by atoms with Gasteiger partial charge in [0.15, 0.2) is 6.61 Å². The van der Waals surface area contributed by atoms with Crippen LogP contribution >= 0.6 is 0 Å². The number of piperazine rings is 1. The maximum absolute atomic E-state index is 12.2. The van der Waals surface area contributed by atoms with Gasteiger partial charge >= 0.3 is 6.09 Å². The summed E-state index contributed by atoms with van der Waals surface area (Å²) in [7, 11) is 1.59. The van der Waals surface area contributed by atoms with Crippen molar-refractivity contribution in [2.24, 2.45) is 0 Å². The van der Waals surface area contributed by atoms with Crippen molar-refractivity contribution >= 4 is 12.0 Å². The second kappa shape index (κ2) is 8.09. The summed E-state index contributed by atoms with van der Waals surface area (Å²) in [5.74, 6) is 1.25. The van der Waals surface area contributed by atoms with E-state index in [1.807, 2.05) is 20.8 Å². The minimum absolute atomic E-state index is 0.0290. The zero-order valence-electron chi connectivity index (χ0n) is 15.3. The Hall–Kier alpha value is -2.44. The molecule has 0 radical (unpaired) electrons. The van der Waals surface area contributed by atoms with E-state index < -0.39 is 5.60 Å². The van der Waals surface area contributed by atoms with E-state index in [0.29, 0.717) is 31.9 Å². The number of methoxy groups -OCH3 is 1. The van der Waals surface area contributed by atoms with Crippen molar-refractivity contribution in [1.29, 1.82) is 0 Å². The van der Waals surface area contributed by atoms with Crippen LogP contribution in [0.1, 0.15) is 20.8 Å². The van der Waals surface area contributed by atoms with Gasteiger partial charge in [0, 0.05) is 26.2 Å². The fraction of sp³-hybridized carbons (Fsp3) is 0.556. The second-order valence-electron chi connectivity index (χ2n) is 6.81. The van der Waals surface area contributed by atoms with Crippen LogP contribution in [0.2, 0.25) is 0 Å². The van der Waals surface area contributed by atoms with Crippen molar-refractivity contribution in [3.05, 3.63) is 24.3 Å². The smallest absolute Gasteiger partial charge is 0.410 e. The van der Waals surface area contributed by atoms with E-state index in [4.69, 9.17) is 14.2 Å². The third-order valence-corrected chi connectivity index (χ3v) is 3.71. The quantitative estimate of drug-likeness (QED) is 0.832. The molecule has 2 rings (SSSR count). The summed E-state index contributed by atoms with van der Waals surface area (Å²) in [5, 5.41) is 0. The van der Waals surface area contributed by atoms with E-state index in [0.717, 1.165) is 5.75 Å². The van der Waals surface area contributed by atoms with Gasteiger partial charge in [-0.1, -0.05) is 0 Å². The number of rotatable bonds is 4. The Morgan fingerprint density at radius 1 is 0.960 bits per heavy atom. The van der Waals surface area contributed by atoms with E-state index in [-0.39, 0.29) is 18.6 Å². The number of carbonyl (C=O) groups is 2. The molecular weight excluding hydrogens is 324 g/mol. The summed E-state index contributed by atoms with van der Waals surface area (Å²) >= 11 is 0. The van der Waals surface area contributed by atoms with Gasteiger partial charge in [0.2, 0.25) is 0 Å². The summed E-state index contributed by atoms with van der Waals surface area (Å²) in [6, 6.07) is 7.07. The van der Waals surface area contributed by atoms with Gasteiger partial charge < -0.3 is 24.0 Å². The molecule has 0 unspecified atom stereocenters. The van der Waals surface area contributed by atoms with Crippen LogP contribution in [0.25, 0.3) is 0 Å². The third-order valence-electron chi connectivity index (χ3n) is 3.71. The average molecular weight is 350 g/mol. The molecule has 0 atom stereocenters. The summed E-state index contributed by atoms with van der Waals surface area (Å²) in [6.07, 6.45) is -0.339. The molecule has 1 fully saturated rings. The Morgan fingerprint density at radius 2 is 1.48 bits per heavy atom. The van der Waals surface area contributed by atoms with Crippen LogP contribution in [0.15, 0.2) is 24.3 Å². The van der Waals surface area contributed by atoms with E-state index >= 15 is 0 Å². The second-order valence-corrected chi connectivity index (χ2v) is 6.81. The standard InChI is InChI=1S/C18H26N2O5/c1-18(2,3)25-17(22)20-11-9-19(10-12-20)16(21)13-24-15-7-5-14(23-4)6-8-15/h5-8H,9-13H2,1-4H3. The lowest BCUT2D eigenvalue weighted by atomic mass is 10.2. The molecule has 0 N–H and O–H groups in total. The normalized spacial score (nSPS) is 14.9. The number of hydrogen-bond acceptors (Lipinski definition) is 5. The highest BCUT2D eigenvalue weighted by Crippen LogP contribution is 2.17. The van der Waals surface area contributed by atoms with Crippen molar-refractivity contribution in [1.82, 2.24) is 9.80 Å². The molecule has 2 amide bonds. The summed E-state index contributed by atoms with van der Waals surface area (Å²) < 4.78 is 15.9. The van der Waals surface area contributed by atoms with Crippen molar-refractivity contribution in [2.45, 2.75) is 26.4 Å². The maximum Gasteiger partial charge on any atom is 0.410 e. The lowest BCUT2D eigenvalue weighted by Gasteiger charge is -2.35. The van der Waals surface area contributed by atoms with E-state index in [9.17, 15) is 9.59 Å². The van der Waals surface area contributed by atoms with Crippen LogP contribution in [0.5, 0.6) is 11.5 Å². The predicted molar refractivity (Wildman–Crippen MR) is 92.9 cm³/mol. The first-order valence-electron chi connectivity index (χ1n) is 8.31. The minimum Gasteiger partial charge on any atom is -0.497 e. The number of nitrogens with zero attached hydrogens (tertiary/aromatic N) is 2. The first kappa shape index (κ1) is 18.9. The van der Waals surface area contributed by atoms with Gasteiger partial charge in [0.25, 0.3) is 5.91 Å². The zero-order valence-corrected chi connectivity index (χ0v) is 15.3. The van der Waals surface area contributed by atoms with Crippen LogP contribution < -0.4 is 9.47 Å². The number of amides is 2. The molecule has 1 heterocycles. The highest BCUT2D eigenvalue weighted by atomic mass is 16.6. The molecule has 7 heteroatoms. The molecule has 1 aromatic rings. The van der Waals surface area contributed by atoms with Crippen molar-refractivity contribution in [2.75, 3.05) is 39.9 Å². The molecule has 7 nitrogen and oxygen atoms in total. The molecule has 1 aliphatic heterocycles. The molecule has 1 aliphatic rings. The molecular formula is C18H26N2O5. The van der Waals surface area contributed by atoms with Crippen LogP contribution in [0, 0.1) is 0 Å². The highest BCUT2D eigenvalue weighted by Gasteiger charge is 2.27. The van der Waals surface area contributed by atoms with Crippen LogP contribution in [0.4, 0.5) is 4.79 Å². The summed E-state index contributed by atoms with van der Waals surface area (Å²) in [4.78, 5) is 27.6. The van der Waals surface area contributed by atoms with E-state index in [1.54, 1.807) is 41.2 Å². The fourth-order valence-electron chi connectivity index (χ4n) is 2.37. The lowest BCUT2D eigenvalue weighted by molar-refractivity contribution is -0.135. The SMILES string of the molecule is COc1ccc(OCC(=O)N2CCN(C(=O)OC(C)(C)C)CC2)cc1. The van der Waals surface area contributed by atoms with Gasteiger partial charge in [-0.3, -0.25) is 4.79 Å².